The fourth-order valence-corrected chi connectivity index (χ4v) is 1.95. The average molecular weight is 141 g/mol. The maximum absolute atomic E-state index is 5.61. The summed E-state index contributed by atoms with van der Waals surface area (Å²) in [5.74, 6) is 0. The average Bonchev–Trinajstić information content (AvgIpc) is 2.34. The van der Waals surface area contributed by atoms with Crippen LogP contribution >= 0.6 is 0 Å². The molecule has 3 nitrogen and oxygen atoms in total. The van der Waals surface area contributed by atoms with E-state index in [1.165, 1.54) is 19.5 Å². The molecule has 2 heterocycles. The maximum Gasteiger partial charge on any atom is 0.0343 e. The highest BCUT2D eigenvalue weighted by Gasteiger charge is 2.31. The van der Waals surface area contributed by atoms with Gasteiger partial charge >= 0.3 is 0 Å². The number of hydrogen-bond donors (Lipinski definition) is 2. The van der Waals surface area contributed by atoms with Crippen molar-refractivity contribution in [3.05, 3.63) is 0 Å². The second-order valence-electron chi connectivity index (χ2n) is 3.28. The van der Waals surface area contributed by atoms with Gasteiger partial charge in [0, 0.05) is 38.3 Å². The molecule has 58 valence electrons. The number of hydrogen-bond acceptors (Lipinski definition) is 3. The second-order valence-corrected chi connectivity index (χ2v) is 3.28. The summed E-state index contributed by atoms with van der Waals surface area (Å²) in [6.07, 6.45) is 1.32. The summed E-state index contributed by atoms with van der Waals surface area (Å²) in [6.45, 7) is 4.38. The van der Waals surface area contributed by atoms with Gasteiger partial charge in [-0.3, -0.25) is 4.90 Å². The molecule has 3 unspecified atom stereocenters. The summed E-state index contributed by atoms with van der Waals surface area (Å²) in [6, 6.07) is 1.38. The van der Waals surface area contributed by atoms with Gasteiger partial charge < -0.3 is 11.1 Å². The van der Waals surface area contributed by atoms with Crippen LogP contribution in [0.3, 0.4) is 0 Å². The fraction of sp³-hybridized carbons (Fsp3) is 1.00. The van der Waals surface area contributed by atoms with Gasteiger partial charge in [-0.15, -0.1) is 0 Å². The molecule has 2 aliphatic heterocycles. The Kier molecular flexibility index (Phi) is 1.64. The Morgan fingerprint density at radius 3 is 3.30 bits per heavy atom. The van der Waals surface area contributed by atoms with E-state index in [2.05, 4.69) is 10.2 Å². The first-order valence-electron chi connectivity index (χ1n) is 4.07. The minimum absolute atomic E-state index is 0.610. The van der Waals surface area contributed by atoms with E-state index in [1.54, 1.807) is 0 Å². The molecule has 0 aromatic rings. The maximum atomic E-state index is 5.61. The Labute approximate surface area is 61.6 Å². The lowest BCUT2D eigenvalue weighted by molar-refractivity contribution is 0.204. The molecular weight excluding hydrogens is 126 g/mol. The van der Waals surface area contributed by atoms with Gasteiger partial charge in [-0.1, -0.05) is 0 Å². The lowest BCUT2D eigenvalue weighted by Crippen LogP contribution is -2.53. The fourth-order valence-electron chi connectivity index (χ4n) is 1.95. The van der Waals surface area contributed by atoms with E-state index in [4.69, 9.17) is 5.73 Å². The summed E-state index contributed by atoms with van der Waals surface area (Å²) in [5, 5.41) is 3.49. The standard InChI is InChI=1S/C7H15N3/c8-3-7-4-9-6-1-2-10(7)5-6/h6-7,9H,1-5,8H2. The van der Waals surface area contributed by atoms with Gasteiger partial charge in [-0.2, -0.15) is 0 Å². The number of fused-ring (bicyclic) bond motifs is 2. The van der Waals surface area contributed by atoms with E-state index in [0.29, 0.717) is 6.04 Å². The Morgan fingerprint density at radius 1 is 1.60 bits per heavy atom. The van der Waals surface area contributed by atoms with Crippen LogP contribution in [0.2, 0.25) is 0 Å². The number of nitrogens with zero attached hydrogens (tertiary/aromatic N) is 1. The monoisotopic (exact) mass is 141 g/mol. The molecule has 0 aromatic carbocycles. The van der Waals surface area contributed by atoms with E-state index < -0.39 is 0 Å². The topological polar surface area (TPSA) is 41.3 Å². The summed E-state index contributed by atoms with van der Waals surface area (Å²) in [7, 11) is 0. The summed E-state index contributed by atoms with van der Waals surface area (Å²) >= 11 is 0. The van der Waals surface area contributed by atoms with Crippen LogP contribution in [0.15, 0.2) is 0 Å². The van der Waals surface area contributed by atoms with Gasteiger partial charge in [0.15, 0.2) is 0 Å². The lowest BCUT2D eigenvalue weighted by atomic mass is 10.2. The normalized spacial score (nSPS) is 45.9. The largest absolute Gasteiger partial charge is 0.329 e. The van der Waals surface area contributed by atoms with Gasteiger partial charge in [0.1, 0.15) is 0 Å². The molecule has 2 fully saturated rings. The van der Waals surface area contributed by atoms with Gasteiger partial charge in [0.25, 0.3) is 0 Å². The Morgan fingerprint density at radius 2 is 2.50 bits per heavy atom. The van der Waals surface area contributed by atoms with Crippen LogP contribution in [0, 0.1) is 0 Å². The molecule has 3 heteroatoms. The molecule has 2 aliphatic rings. The summed E-state index contributed by atoms with van der Waals surface area (Å²) in [5.41, 5.74) is 5.61. The predicted molar refractivity (Wildman–Crippen MR) is 40.8 cm³/mol. The van der Waals surface area contributed by atoms with Gasteiger partial charge in [-0.25, -0.2) is 0 Å². The Hall–Kier alpha value is -0.120. The molecular formula is C7H15N3. The van der Waals surface area contributed by atoms with Crippen LogP contribution in [-0.4, -0.2) is 43.2 Å². The van der Waals surface area contributed by atoms with Crippen LogP contribution in [-0.2, 0) is 0 Å². The smallest absolute Gasteiger partial charge is 0.0343 e. The molecule has 0 radical (unpaired) electrons. The zero-order chi connectivity index (χ0) is 6.97. The number of rotatable bonds is 1. The van der Waals surface area contributed by atoms with Crippen LogP contribution in [0.4, 0.5) is 0 Å². The van der Waals surface area contributed by atoms with Crippen LogP contribution in [0.1, 0.15) is 6.42 Å². The summed E-state index contributed by atoms with van der Waals surface area (Å²) < 4.78 is 0. The molecule has 0 saturated carbocycles. The molecule has 0 aromatic heterocycles. The first-order chi connectivity index (χ1) is 4.90. The van der Waals surface area contributed by atoms with Crippen molar-refractivity contribution in [2.24, 2.45) is 5.73 Å². The zero-order valence-electron chi connectivity index (χ0n) is 6.21. The molecule has 2 bridgehead atoms. The third kappa shape index (κ3) is 0.944. The van der Waals surface area contributed by atoms with Crippen molar-refractivity contribution in [3.8, 4) is 0 Å². The van der Waals surface area contributed by atoms with E-state index >= 15 is 0 Å². The quantitative estimate of drug-likeness (QED) is 0.492. The Balaban J connectivity index is 2.00. The van der Waals surface area contributed by atoms with Crippen molar-refractivity contribution in [2.45, 2.75) is 18.5 Å². The SMILES string of the molecule is NCC1CNC2CCN1C2. The lowest BCUT2D eigenvalue weighted by Gasteiger charge is -2.31. The minimum Gasteiger partial charge on any atom is -0.329 e. The highest BCUT2D eigenvalue weighted by molar-refractivity contribution is 4.92. The van der Waals surface area contributed by atoms with Crippen molar-refractivity contribution in [2.75, 3.05) is 26.2 Å². The molecule has 0 spiro atoms. The Bertz CT molecular complexity index is 126. The highest BCUT2D eigenvalue weighted by atomic mass is 15.3. The molecule has 10 heavy (non-hydrogen) atoms. The number of nitrogens with two attached hydrogens (primary N) is 1. The zero-order valence-corrected chi connectivity index (χ0v) is 6.21. The number of nitrogens with one attached hydrogen (secondary N) is 1. The van der Waals surface area contributed by atoms with Crippen molar-refractivity contribution >= 4 is 0 Å². The van der Waals surface area contributed by atoms with Crippen molar-refractivity contribution < 1.29 is 0 Å². The van der Waals surface area contributed by atoms with Crippen LogP contribution < -0.4 is 11.1 Å². The van der Waals surface area contributed by atoms with E-state index in [0.717, 1.165) is 19.1 Å². The molecule has 0 aliphatic carbocycles. The van der Waals surface area contributed by atoms with E-state index in [9.17, 15) is 0 Å². The van der Waals surface area contributed by atoms with E-state index in [-0.39, 0.29) is 0 Å². The third-order valence-electron chi connectivity index (χ3n) is 2.65. The second kappa shape index (κ2) is 2.49. The van der Waals surface area contributed by atoms with Crippen molar-refractivity contribution in [1.29, 1.82) is 0 Å². The van der Waals surface area contributed by atoms with Crippen LogP contribution in [0.5, 0.6) is 0 Å². The minimum atomic E-state index is 0.610. The molecule has 3 atom stereocenters. The van der Waals surface area contributed by atoms with E-state index in [1.807, 2.05) is 0 Å². The van der Waals surface area contributed by atoms with Crippen molar-refractivity contribution in [3.63, 3.8) is 0 Å². The van der Waals surface area contributed by atoms with Gasteiger partial charge in [0.2, 0.25) is 0 Å². The third-order valence-corrected chi connectivity index (χ3v) is 2.65. The number of piperazine rings is 1. The highest BCUT2D eigenvalue weighted by Crippen LogP contribution is 2.16. The first-order valence-corrected chi connectivity index (χ1v) is 4.07. The van der Waals surface area contributed by atoms with Gasteiger partial charge in [0.05, 0.1) is 0 Å². The molecule has 3 N–H and O–H groups in total. The first kappa shape index (κ1) is 6.58. The summed E-state index contributed by atoms with van der Waals surface area (Å²) in [4.78, 5) is 2.50. The molecule has 2 saturated heterocycles. The molecule has 2 rings (SSSR count). The van der Waals surface area contributed by atoms with Crippen LogP contribution in [0.25, 0.3) is 0 Å². The molecule has 0 amide bonds. The van der Waals surface area contributed by atoms with Crippen molar-refractivity contribution in [1.82, 2.24) is 10.2 Å². The predicted octanol–water partition coefficient (Wildman–Crippen LogP) is -1.01. The van der Waals surface area contributed by atoms with Gasteiger partial charge in [-0.05, 0) is 6.42 Å².